The minimum Gasteiger partial charge on any atom is -0.461 e. The Bertz CT molecular complexity index is 1010. The van der Waals surface area contributed by atoms with E-state index in [9.17, 15) is 24.0 Å². The van der Waals surface area contributed by atoms with Gasteiger partial charge in [-0.15, -0.1) is 0 Å². The largest absolute Gasteiger partial charge is 0.461 e. The molecule has 0 aliphatic carbocycles. The maximum atomic E-state index is 12.9. The van der Waals surface area contributed by atoms with Gasteiger partial charge < -0.3 is 20.1 Å². The first kappa shape index (κ1) is 31.4. The Morgan fingerprint density at radius 1 is 1.05 bits per heavy atom. The number of hydrogen-bond acceptors (Lipinski definition) is 7. The molecule has 0 saturated heterocycles. The molecule has 1 aromatic rings. The number of nitrogens with one attached hydrogen (secondary N) is 2. The number of benzene rings is 1. The number of ketones is 2. The number of Topliss-reactive ketones (excluding diaryl/α,β-unsaturated/α-hetero) is 2. The van der Waals surface area contributed by atoms with Crippen LogP contribution in [0.5, 0.6) is 0 Å². The minimum absolute atomic E-state index is 0.0406. The van der Waals surface area contributed by atoms with Gasteiger partial charge in [0.05, 0.1) is 23.7 Å². The summed E-state index contributed by atoms with van der Waals surface area (Å²) in [7, 11) is 0. The topological polar surface area (TPSA) is 128 Å². The Hall–Kier alpha value is -2.85. The molecule has 0 aliphatic rings. The summed E-state index contributed by atoms with van der Waals surface area (Å²) >= 11 is 2.98. The lowest BCUT2D eigenvalue weighted by Crippen LogP contribution is -2.44. The van der Waals surface area contributed by atoms with Crippen molar-refractivity contribution in [3.8, 4) is 0 Å². The molecular weight excluding hydrogens is 556 g/mol. The van der Waals surface area contributed by atoms with Gasteiger partial charge in [-0.25, -0.2) is 0 Å². The predicted molar refractivity (Wildman–Crippen MR) is 147 cm³/mol. The molecule has 0 bridgehead atoms. The molecule has 1 aromatic carbocycles. The average molecular weight is 598 g/mol. The molecule has 0 fully saturated rings. The highest BCUT2D eigenvalue weighted by Gasteiger charge is 2.27. The third kappa shape index (κ3) is 13.1. The number of hydrogen-bond donors (Lipinski definition) is 2. The molecule has 10 heteroatoms. The number of esters is 1. The zero-order valence-corrected chi connectivity index (χ0v) is 24.1. The van der Waals surface area contributed by atoms with Crippen molar-refractivity contribution in [3.63, 3.8) is 0 Å². The van der Waals surface area contributed by atoms with E-state index in [1.54, 1.807) is 31.2 Å². The van der Waals surface area contributed by atoms with Gasteiger partial charge in [-0.1, -0.05) is 51.6 Å². The molecule has 1 unspecified atom stereocenters. The van der Waals surface area contributed by atoms with Gasteiger partial charge >= 0.3 is 5.97 Å². The summed E-state index contributed by atoms with van der Waals surface area (Å²) in [5, 5.41) is 5.34. The normalized spacial score (nSPS) is 13.6. The van der Waals surface area contributed by atoms with Gasteiger partial charge in [0, 0.05) is 39.5 Å². The molecule has 210 valence electrons. The van der Waals surface area contributed by atoms with Crippen LogP contribution in [0.15, 0.2) is 35.3 Å². The van der Waals surface area contributed by atoms with E-state index < -0.39 is 24.3 Å². The fraction of sp³-hybridized carbons (Fsp3) is 0.536. The molecule has 38 heavy (non-hydrogen) atoms. The first-order valence-electron chi connectivity index (χ1n) is 13.1. The van der Waals surface area contributed by atoms with Gasteiger partial charge in [0.25, 0.3) is 5.91 Å². The van der Waals surface area contributed by atoms with Gasteiger partial charge in [0.1, 0.15) is 12.4 Å². The lowest BCUT2D eigenvalue weighted by molar-refractivity contribution is -0.144. The summed E-state index contributed by atoms with van der Waals surface area (Å²) in [6.07, 6.45) is -0.656. The van der Waals surface area contributed by atoms with Crippen molar-refractivity contribution in [2.75, 3.05) is 19.8 Å². The van der Waals surface area contributed by atoms with E-state index in [4.69, 9.17) is 10.8 Å². The maximum absolute atomic E-state index is 12.9. The van der Waals surface area contributed by atoms with Crippen LogP contribution in [-0.4, -0.2) is 55.2 Å². The molecule has 0 aliphatic heterocycles. The summed E-state index contributed by atoms with van der Waals surface area (Å²) in [6, 6.07) is 6.26. The highest BCUT2D eigenvalue weighted by Crippen LogP contribution is 2.18. The first-order valence-corrected chi connectivity index (χ1v) is 13.3. The average Bonchev–Trinajstić information content (AvgIpc) is 2.87. The van der Waals surface area contributed by atoms with Crippen LogP contribution in [0, 0.1) is 11.8 Å². The van der Waals surface area contributed by atoms with Crippen LogP contribution in [0.1, 0.15) is 59.4 Å². The van der Waals surface area contributed by atoms with Gasteiger partial charge in [-0.05, 0) is 39.9 Å². The van der Waals surface area contributed by atoms with Crippen molar-refractivity contribution in [1.29, 1.82) is 0 Å². The fourth-order valence-electron chi connectivity index (χ4n) is 3.35. The van der Waals surface area contributed by atoms with Crippen LogP contribution in [0.3, 0.4) is 0 Å². The second-order valence-electron chi connectivity index (χ2n) is 9.20. The summed E-state index contributed by atoms with van der Waals surface area (Å²) in [6.45, 7) is 11.0. The summed E-state index contributed by atoms with van der Waals surface area (Å²) < 4.78 is 17.9. The molecule has 0 spiro atoms. The second-order valence-corrected chi connectivity index (χ2v) is 10.2. The molecule has 2 N–H and O–H groups in total. The lowest BCUT2D eigenvalue weighted by Gasteiger charge is -2.22. The highest BCUT2D eigenvalue weighted by atomic mass is 79.9. The van der Waals surface area contributed by atoms with Crippen LogP contribution in [0.4, 0.5) is 0 Å². The fourth-order valence-corrected chi connectivity index (χ4v) is 3.49. The molecular formula is C28H39BrN2O7. The van der Waals surface area contributed by atoms with Crippen molar-refractivity contribution in [1.82, 2.24) is 10.6 Å². The quantitative estimate of drug-likeness (QED) is 0.151. The van der Waals surface area contributed by atoms with Crippen molar-refractivity contribution in [3.05, 3.63) is 46.5 Å². The Labute approximate surface area is 234 Å². The third-order valence-electron chi connectivity index (χ3n) is 5.75. The Morgan fingerprint density at radius 3 is 2.26 bits per heavy atom. The van der Waals surface area contributed by atoms with Gasteiger partial charge in [0.2, 0.25) is 5.91 Å². The smallest absolute Gasteiger partial charge is 0.305 e. The van der Waals surface area contributed by atoms with Crippen LogP contribution in [0.2, 0.25) is 0 Å². The van der Waals surface area contributed by atoms with Crippen molar-refractivity contribution in [2.45, 2.75) is 66.0 Å². The van der Waals surface area contributed by atoms with Crippen LogP contribution in [-0.2, 0) is 46.5 Å². The van der Waals surface area contributed by atoms with Crippen LogP contribution in [0.25, 0.3) is 0 Å². The number of carbonyl (C=O) groups excluding carboxylic acids is 5. The second kappa shape index (κ2) is 17.6. The number of carbonyl (C=O) groups is 5. The molecule has 1 rings (SSSR count). The van der Waals surface area contributed by atoms with Crippen molar-refractivity contribution >= 4 is 45.3 Å². The third-order valence-corrected chi connectivity index (χ3v) is 6.11. The Morgan fingerprint density at radius 2 is 1.68 bits per heavy atom. The summed E-state index contributed by atoms with van der Waals surface area (Å²) in [5.74, 6) is -2.27. The number of rotatable bonds is 18. The van der Waals surface area contributed by atoms with E-state index in [0.29, 0.717) is 0 Å². The minimum atomic E-state index is -0.946. The molecule has 0 saturated carbocycles. The van der Waals surface area contributed by atoms with Gasteiger partial charge in [-0.3, -0.25) is 24.0 Å². The predicted octanol–water partition coefficient (Wildman–Crippen LogP) is 3.42. The van der Waals surface area contributed by atoms with E-state index >= 15 is 0 Å². The molecule has 0 aromatic heterocycles. The summed E-state index contributed by atoms with van der Waals surface area (Å²) in [5.41, 5.74) is 1.49. The highest BCUT2D eigenvalue weighted by molar-refractivity contribution is 9.12. The van der Waals surface area contributed by atoms with Crippen LogP contribution < -0.4 is 10.6 Å². The Balaban J connectivity index is 2.48. The monoisotopic (exact) mass is 596 g/mol. The van der Waals surface area contributed by atoms with E-state index in [-0.39, 0.29) is 79.4 Å². The Kier molecular flexibility index (Phi) is 14.5. The summed E-state index contributed by atoms with van der Waals surface area (Å²) in [4.78, 5) is 60.9. The van der Waals surface area contributed by atoms with Crippen molar-refractivity contribution < 1.29 is 34.8 Å². The number of amides is 2. The zero-order chi connectivity index (χ0) is 29.5. The van der Waals surface area contributed by atoms with E-state index in [1.165, 1.54) is 6.92 Å². The molecule has 2 amide bonds. The van der Waals surface area contributed by atoms with E-state index in [0.717, 1.165) is 11.1 Å². The number of ether oxygens (including phenoxy) is 2. The number of halogens is 1. The van der Waals surface area contributed by atoms with Gasteiger partial charge in [0.15, 0.2) is 5.78 Å². The molecule has 3 atom stereocenters. The standard InChI is InChI=1S/C28H39BrN2O7/c1-6-26(34)38-17-22-9-7-21(8-10-22)15-25(33)20(5)31-28(36)24(18(2)3)16-23(32)11-13-37-14-12-30-27(35)19(4)29/h7-10,18,20,24H,4,6,11-17H2,1-3,5H3,(H,30,35)(H,31,36)/t20-,24-/m0/s1/i6T/t6?,20-,24-. The maximum Gasteiger partial charge on any atom is 0.305 e. The van der Waals surface area contributed by atoms with Gasteiger partial charge in [-0.2, -0.15) is 0 Å². The SMILES string of the molecule is [3H]C(C)C(=O)OCc1ccc(CC(=O)[C@H](C)NC(=O)[C@@H](CC(=O)CCOCCNC(=O)C(=C)Br)C(C)C)cc1. The van der Waals surface area contributed by atoms with E-state index in [1.807, 2.05) is 13.8 Å². The zero-order valence-electron chi connectivity index (χ0n) is 23.5. The van der Waals surface area contributed by atoms with Crippen LogP contribution >= 0.6 is 15.9 Å². The van der Waals surface area contributed by atoms with Crippen molar-refractivity contribution in [2.24, 2.45) is 11.8 Å². The molecule has 0 heterocycles. The van der Waals surface area contributed by atoms with E-state index in [2.05, 4.69) is 33.1 Å². The molecule has 0 radical (unpaired) electrons. The first-order chi connectivity index (χ1) is 18.3. The molecule has 9 nitrogen and oxygen atoms in total. The lowest BCUT2D eigenvalue weighted by atomic mass is 9.88.